The fraction of sp³-hybridized carbons (Fsp3) is 0.591. The van der Waals surface area contributed by atoms with Crippen molar-refractivity contribution in [3.05, 3.63) is 48.0 Å². The summed E-state index contributed by atoms with van der Waals surface area (Å²) < 4.78 is 5.45. The van der Waals surface area contributed by atoms with E-state index in [2.05, 4.69) is 57.6 Å². The van der Waals surface area contributed by atoms with E-state index in [1.165, 1.54) is 24.8 Å². The van der Waals surface area contributed by atoms with E-state index in [0.717, 1.165) is 69.9 Å². The lowest BCUT2D eigenvalue weighted by atomic mass is 9.94. The van der Waals surface area contributed by atoms with Crippen LogP contribution in [0.15, 0.2) is 42.5 Å². The molecule has 0 aromatic heterocycles. The molecule has 1 aliphatic heterocycles. The molecule has 4 nitrogen and oxygen atoms in total. The summed E-state index contributed by atoms with van der Waals surface area (Å²) in [6.45, 7) is 7.88. The molecule has 2 aliphatic rings. The predicted octanol–water partition coefficient (Wildman–Crippen LogP) is 3.44. The van der Waals surface area contributed by atoms with Gasteiger partial charge in [-0.2, -0.15) is 0 Å². The smallest absolute Gasteiger partial charge is 0.169 e. The van der Waals surface area contributed by atoms with E-state index in [-0.39, 0.29) is 0 Å². The van der Waals surface area contributed by atoms with Gasteiger partial charge in [-0.1, -0.05) is 42.5 Å². The van der Waals surface area contributed by atoms with Crippen molar-refractivity contribution in [3.8, 4) is 0 Å². The third-order valence-electron chi connectivity index (χ3n) is 5.44. The van der Waals surface area contributed by atoms with E-state index in [1.54, 1.807) is 0 Å². The van der Waals surface area contributed by atoms with Crippen molar-refractivity contribution >= 4 is 17.3 Å². The molecule has 1 N–H and O–H groups in total. The number of rotatable bonds is 8. The Hall–Kier alpha value is -1.43. The van der Waals surface area contributed by atoms with Crippen LogP contribution in [0.25, 0.3) is 0 Å². The van der Waals surface area contributed by atoms with Crippen LogP contribution in [0.1, 0.15) is 31.2 Å². The molecule has 1 aromatic rings. The first-order chi connectivity index (χ1) is 13.3. The van der Waals surface area contributed by atoms with Crippen molar-refractivity contribution in [3.63, 3.8) is 0 Å². The van der Waals surface area contributed by atoms with Crippen molar-refractivity contribution < 1.29 is 4.74 Å². The van der Waals surface area contributed by atoms with Gasteiger partial charge in [0.15, 0.2) is 5.11 Å². The first kappa shape index (κ1) is 20.3. The zero-order valence-electron chi connectivity index (χ0n) is 16.3. The van der Waals surface area contributed by atoms with Crippen LogP contribution in [-0.2, 0) is 11.3 Å². The van der Waals surface area contributed by atoms with Crippen LogP contribution in [0.2, 0.25) is 0 Å². The SMILES string of the molecule is S=C(NCc1ccccc1)N(CCCN1CCOCC1)CC1CC=CCC1. The Morgan fingerprint density at radius 3 is 2.74 bits per heavy atom. The molecule has 148 valence electrons. The van der Waals surface area contributed by atoms with E-state index < -0.39 is 0 Å². The molecular weight excluding hydrogens is 354 g/mol. The first-order valence-electron chi connectivity index (χ1n) is 10.3. The van der Waals surface area contributed by atoms with E-state index in [4.69, 9.17) is 17.0 Å². The maximum absolute atomic E-state index is 5.78. The van der Waals surface area contributed by atoms with Crippen molar-refractivity contribution in [1.29, 1.82) is 0 Å². The second kappa shape index (κ2) is 11.4. The fourth-order valence-corrected chi connectivity index (χ4v) is 4.04. The monoisotopic (exact) mass is 387 g/mol. The first-order valence-corrected chi connectivity index (χ1v) is 10.7. The van der Waals surface area contributed by atoms with Gasteiger partial charge in [-0.3, -0.25) is 4.90 Å². The summed E-state index contributed by atoms with van der Waals surface area (Å²) in [7, 11) is 0. The molecule has 1 aliphatic carbocycles. The van der Waals surface area contributed by atoms with E-state index in [9.17, 15) is 0 Å². The van der Waals surface area contributed by atoms with Crippen molar-refractivity contribution in [2.75, 3.05) is 45.9 Å². The van der Waals surface area contributed by atoms with E-state index in [0.29, 0.717) is 0 Å². The van der Waals surface area contributed by atoms with Gasteiger partial charge in [0.2, 0.25) is 0 Å². The molecule has 0 amide bonds. The highest BCUT2D eigenvalue weighted by atomic mass is 32.1. The Labute approximate surface area is 169 Å². The van der Waals surface area contributed by atoms with Gasteiger partial charge in [-0.25, -0.2) is 0 Å². The molecule has 0 bridgehead atoms. The minimum atomic E-state index is 0.717. The van der Waals surface area contributed by atoms with Gasteiger partial charge >= 0.3 is 0 Å². The maximum atomic E-state index is 5.78. The summed E-state index contributed by atoms with van der Waals surface area (Å²) >= 11 is 5.78. The summed E-state index contributed by atoms with van der Waals surface area (Å²) in [5.41, 5.74) is 1.27. The molecular formula is C22H33N3OS. The number of hydrogen-bond donors (Lipinski definition) is 1. The van der Waals surface area contributed by atoms with Gasteiger partial charge in [0.1, 0.15) is 0 Å². The van der Waals surface area contributed by atoms with Gasteiger partial charge in [-0.05, 0) is 49.4 Å². The molecule has 1 unspecified atom stereocenters. The number of benzene rings is 1. The molecule has 1 aromatic carbocycles. The lowest BCUT2D eigenvalue weighted by Crippen LogP contribution is -2.44. The molecule has 0 saturated carbocycles. The zero-order valence-corrected chi connectivity index (χ0v) is 17.1. The molecule has 1 fully saturated rings. The quantitative estimate of drug-likeness (QED) is 0.545. The van der Waals surface area contributed by atoms with Gasteiger partial charge in [0, 0.05) is 39.3 Å². The van der Waals surface area contributed by atoms with Crippen LogP contribution in [0.3, 0.4) is 0 Å². The van der Waals surface area contributed by atoms with Crippen molar-refractivity contribution in [1.82, 2.24) is 15.1 Å². The number of nitrogens with one attached hydrogen (secondary N) is 1. The van der Waals surface area contributed by atoms with Gasteiger partial charge in [-0.15, -0.1) is 0 Å². The van der Waals surface area contributed by atoms with Gasteiger partial charge in [0.05, 0.1) is 13.2 Å². The number of morpholine rings is 1. The summed E-state index contributed by atoms with van der Waals surface area (Å²) in [5, 5.41) is 4.38. The molecule has 0 spiro atoms. The third kappa shape index (κ3) is 7.24. The second-order valence-corrected chi connectivity index (χ2v) is 7.94. The molecule has 5 heteroatoms. The number of nitrogens with zero attached hydrogens (tertiary/aromatic N) is 2. The third-order valence-corrected chi connectivity index (χ3v) is 5.84. The summed E-state index contributed by atoms with van der Waals surface area (Å²) in [6.07, 6.45) is 9.46. The maximum Gasteiger partial charge on any atom is 0.169 e. The van der Waals surface area contributed by atoms with E-state index >= 15 is 0 Å². The Balaban J connectivity index is 1.49. The van der Waals surface area contributed by atoms with Gasteiger partial charge < -0.3 is 15.0 Å². The Morgan fingerprint density at radius 2 is 2.00 bits per heavy atom. The number of allylic oxidation sites excluding steroid dienone is 2. The molecule has 1 saturated heterocycles. The minimum absolute atomic E-state index is 0.717. The average molecular weight is 388 g/mol. The fourth-order valence-electron chi connectivity index (χ4n) is 3.80. The Bertz CT molecular complexity index is 586. The number of hydrogen-bond acceptors (Lipinski definition) is 3. The number of ether oxygens (including phenoxy) is 1. The number of thiocarbonyl (C=S) groups is 1. The summed E-state index contributed by atoms with van der Waals surface area (Å²) in [6, 6.07) is 10.5. The Kier molecular flexibility index (Phi) is 8.59. The van der Waals surface area contributed by atoms with Crippen LogP contribution in [0.5, 0.6) is 0 Å². The molecule has 0 radical (unpaired) electrons. The highest BCUT2D eigenvalue weighted by molar-refractivity contribution is 7.80. The van der Waals surface area contributed by atoms with Crippen molar-refractivity contribution in [2.24, 2.45) is 5.92 Å². The molecule has 3 rings (SSSR count). The highest BCUT2D eigenvalue weighted by Crippen LogP contribution is 2.19. The van der Waals surface area contributed by atoms with Crippen LogP contribution < -0.4 is 5.32 Å². The molecule has 27 heavy (non-hydrogen) atoms. The average Bonchev–Trinajstić information content (AvgIpc) is 2.73. The van der Waals surface area contributed by atoms with Gasteiger partial charge in [0.25, 0.3) is 0 Å². The predicted molar refractivity (Wildman–Crippen MR) is 116 cm³/mol. The largest absolute Gasteiger partial charge is 0.379 e. The lowest BCUT2D eigenvalue weighted by molar-refractivity contribution is 0.0367. The van der Waals surface area contributed by atoms with E-state index in [1.807, 2.05) is 0 Å². The summed E-state index contributed by atoms with van der Waals surface area (Å²) in [5.74, 6) is 0.717. The lowest BCUT2D eigenvalue weighted by Gasteiger charge is -2.32. The minimum Gasteiger partial charge on any atom is -0.379 e. The van der Waals surface area contributed by atoms with Crippen LogP contribution >= 0.6 is 12.2 Å². The summed E-state index contributed by atoms with van der Waals surface area (Å²) in [4.78, 5) is 4.91. The standard InChI is InChI=1S/C22H33N3OS/c27-22(23-18-20-8-3-1-4-9-20)25(19-21-10-5-2-6-11-21)13-7-12-24-14-16-26-17-15-24/h1-5,8-9,21H,6-7,10-19H2,(H,23,27). The van der Waals surface area contributed by atoms with Crippen LogP contribution in [-0.4, -0.2) is 60.8 Å². The zero-order chi connectivity index (χ0) is 18.7. The van der Waals surface area contributed by atoms with Crippen LogP contribution in [0.4, 0.5) is 0 Å². The Morgan fingerprint density at radius 1 is 1.19 bits per heavy atom. The topological polar surface area (TPSA) is 27.7 Å². The highest BCUT2D eigenvalue weighted by Gasteiger charge is 2.18. The van der Waals surface area contributed by atoms with Crippen molar-refractivity contribution in [2.45, 2.75) is 32.2 Å². The second-order valence-electron chi connectivity index (χ2n) is 7.55. The normalized spacial score (nSPS) is 20.4. The van der Waals surface area contributed by atoms with Crippen LogP contribution in [0, 0.1) is 5.92 Å². The molecule has 1 atom stereocenters. The molecule has 1 heterocycles.